The molecule has 0 bridgehead atoms. The summed E-state index contributed by atoms with van der Waals surface area (Å²) in [6, 6.07) is 13.0. The highest BCUT2D eigenvalue weighted by molar-refractivity contribution is 6.15. The summed E-state index contributed by atoms with van der Waals surface area (Å²) in [4.78, 5) is 15.2. The summed E-state index contributed by atoms with van der Waals surface area (Å²) >= 11 is 0. The van der Waals surface area contributed by atoms with Gasteiger partial charge in [0.05, 0.1) is 11.3 Å². The zero-order valence-electron chi connectivity index (χ0n) is 11.4. The quantitative estimate of drug-likeness (QED) is 0.666. The van der Waals surface area contributed by atoms with E-state index in [-0.39, 0.29) is 5.57 Å². The molecule has 1 N–H and O–H groups in total. The van der Waals surface area contributed by atoms with E-state index in [9.17, 15) is 4.79 Å². The lowest BCUT2D eigenvalue weighted by atomic mass is 10.0. The second-order valence-electron chi connectivity index (χ2n) is 4.34. The molecule has 0 aliphatic heterocycles. The number of rotatable bonds is 5. The van der Waals surface area contributed by atoms with Gasteiger partial charge in [0.2, 0.25) is 0 Å². The van der Waals surface area contributed by atoms with Crippen molar-refractivity contribution in [3.63, 3.8) is 0 Å². The van der Waals surface area contributed by atoms with E-state index >= 15 is 0 Å². The van der Waals surface area contributed by atoms with Crippen molar-refractivity contribution in [2.24, 2.45) is 0 Å². The molecule has 1 aromatic carbocycles. The zero-order chi connectivity index (χ0) is 15.1. The van der Waals surface area contributed by atoms with Crippen molar-refractivity contribution in [2.45, 2.75) is 0 Å². The van der Waals surface area contributed by atoms with Crippen LogP contribution in [0.3, 0.4) is 0 Å². The molecule has 0 amide bonds. The lowest BCUT2D eigenvalue weighted by molar-refractivity contribution is -0.130. The van der Waals surface area contributed by atoms with Gasteiger partial charge in [-0.3, -0.25) is 4.98 Å². The monoisotopic (exact) mass is 277 g/mol. The summed E-state index contributed by atoms with van der Waals surface area (Å²) in [6.07, 6.45) is 9.18. The van der Waals surface area contributed by atoms with Crippen LogP contribution in [0.25, 0.3) is 17.7 Å². The number of aromatic nitrogens is 1. The Bertz CT molecular complexity index is 700. The first-order valence-electron chi connectivity index (χ1n) is 6.46. The van der Waals surface area contributed by atoms with Gasteiger partial charge in [0.25, 0.3) is 0 Å². The van der Waals surface area contributed by atoms with Crippen molar-refractivity contribution in [1.29, 1.82) is 0 Å². The molecule has 3 nitrogen and oxygen atoms in total. The lowest BCUT2D eigenvalue weighted by Gasteiger charge is -2.04. The van der Waals surface area contributed by atoms with Gasteiger partial charge in [-0.25, -0.2) is 4.79 Å². The fourth-order valence-corrected chi connectivity index (χ4v) is 1.82. The van der Waals surface area contributed by atoms with Crippen molar-refractivity contribution in [1.82, 2.24) is 4.98 Å². The van der Waals surface area contributed by atoms with E-state index in [0.29, 0.717) is 5.56 Å². The smallest absolute Gasteiger partial charge is 0.335 e. The molecule has 3 heteroatoms. The molecular formula is C18H15NO2. The minimum absolute atomic E-state index is 0.0870. The van der Waals surface area contributed by atoms with Gasteiger partial charge in [-0.05, 0) is 29.3 Å². The summed E-state index contributed by atoms with van der Waals surface area (Å²) in [5, 5.41) is 9.03. The molecule has 104 valence electrons. The Kier molecular flexibility index (Phi) is 4.83. The number of carbonyl (C=O) groups is 1. The highest BCUT2D eigenvalue weighted by atomic mass is 16.4. The highest BCUT2D eigenvalue weighted by Gasteiger charge is 2.09. The third-order valence-corrected chi connectivity index (χ3v) is 2.89. The van der Waals surface area contributed by atoms with Gasteiger partial charge in [0.15, 0.2) is 0 Å². The van der Waals surface area contributed by atoms with Crippen LogP contribution in [-0.2, 0) is 4.79 Å². The van der Waals surface area contributed by atoms with Gasteiger partial charge in [0, 0.05) is 6.20 Å². The molecule has 0 radical (unpaired) electrons. The Balaban J connectivity index is 2.16. The van der Waals surface area contributed by atoms with Crippen molar-refractivity contribution < 1.29 is 9.90 Å². The summed E-state index contributed by atoms with van der Waals surface area (Å²) in [5.74, 6) is -1.01. The molecule has 21 heavy (non-hydrogen) atoms. The first-order valence-corrected chi connectivity index (χ1v) is 6.46. The van der Waals surface area contributed by atoms with Crippen molar-refractivity contribution >= 4 is 23.7 Å². The summed E-state index contributed by atoms with van der Waals surface area (Å²) < 4.78 is 0. The van der Waals surface area contributed by atoms with Gasteiger partial charge in [-0.1, -0.05) is 55.1 Å². The average Bonchev–Trinajstić information content (AvgIpc) is 2.52. The lowest BCUT2D eigenvalue weighted by Crippen LogP contribution is -1.99. The Morgan fingerprint density at radius 3 is 2.48 bits per heavy atom. The molecule has 2 rings (SSSR count). The first kappa shape index (κ1) is 14.5. The van der Waals surface area contributed by atoms with Crippen molar-refractivity contribution in [3.05, 3.63) is 84.2 Å². The molecule has 0 aliphatic carbocycles. The highest BCUT2D eigenvalue weighted by Crippen LogP contribution is 2.19. The maximum absolute atomic E-state index is 11.0. The number of hydrogen-bond acceptors (Lipinski definition) is 2. The third-order valence-electron chi connectivity index (χ3n) is 2.89. The van der Waals surface area contributed by atoms with E-state index in [1.54, 1.807) is 18.3 Å². The van der Waals surface area contributed by atoms with Crippen LogP contribution in [0.4, 0.5) is 0 Å². The molecule has 2 aromatic rings. The van der Waals surface area contributed by atoms with Crippen LogP contribution in [0.5, 0.6) is 0 Å². The SMILES string of the molecule is C=C(C(=O)O)c1ccccc1/C=C/C=C/c1ccccn1. The topological polar surface area (TPSA) is 50.2 Å². The van der Waals surface area contributed by atoms with Crippen molar-refractivity contribution in [2.75, 3.05) is 0 Å². The standard InChI is InChI=1S/C18H15NO2/c1-14(18(20)21)17-12-5-3-9-15(17)8-2-4-10-16-11-6-7-13-19-16/h2-13H,1H2,(H,20,21)/b8-2+,10-4+. The van der Waals surface area contributed by atoms with Crippen LogP contribution >= 0.6 is 0 Å². The number of hydrogen-bond donors (Lipinski definition) is 1. The first-order chi connectivity index (χ1) is 10.2. The maximum Gasteiger partial charge on any atom is 0.335 e. The Morgan fingerprint density at radius 1 is 1.05 bits per heavy atom. The molecule has 0 saturated heterocycles. The number of pyridine rings is 1. The molecule has 1 heterocycles. The van der Waals surface area contributed by atoms with Crippen LogP contribution < -0.4 is 0 Å². The van der Waals surface area contributed by atoms with E-state index in [4.69, 9.17) is 5.11 Å². The van der Waals surface area contributed by atoms with Crippen LogP contribution in [0, 0.1) is 0 Å². The van der Waals surface area contributed by atoms with Crippen molar-refractivity contribution in [3.8, 4) is 0 Å². The molecule has 0 unspecified atom stereocenters. The Hall–Kier alpha value is -2.94. The fraction of sp³-hybridized carbons (Fsp3) is 0. The normalized spacial score (nSPS) is 11.0. The molecule has 0 saturated carbocycles. The third kappa shape index (κ3) is 4.01. The van der Waals surface area contributed by atoms with E-state index in [2.05, 4.69) is 11.6 Å². The largest absolute Gasteiger partial charge is 0.478 e. The summed E-state index contributed by atoms with van der Waals surface area (Å²) in [5.41, 5.74) is 2.39. The fourth-order valence-electron chi connectivity index (χ4n) is 1.82. The van der Waals surface area contributed by atoms with Gasteiger partial charge >= 0.3 is 5.97 Å². The van der Waals surface area contributed by atoms with Gasteiger partial charge in [-0.2, -0.15) is 0 Å². The van der Waals surface area contributed by atoms with Gasteiger partial charge in [0.1, 0.15) is 0 Å². The van der Waals surface area contributed by atoms with Gasteiger partial charge < -0.3 is 5.11 Å². The minimum Gasteiger partial charge on any atom is -0.478 e. The molecular weight excluding hydrogens is 262 g/mol. The molecule has 0 fully saturated rings. The number of aliphatic carboxylic acids is 1. The van der Waals surface area contributed by atoms with Crippen LogP contribution in [-0.4, -0.2) is 16.1 Å². The number of nitrogens with zero attached hydrogens (tertiary/aromatic N) is 1. The second-order valence-corrected chi connectivity index (χ2v) is 4.34. The number of benzene rings is 1. The van der Waals surface area contributed by atoms with E-state index in [1.807, 2.05) is 54.6 Å². The average molecular weight is 277 g/mol. The molecule has 0 spiro atoms. The molecule has 1 aromatic heterocycles. The number of carboxylic acids is 1. The summed E-state index contributed by atoms with van der Waals surface area (Å²) in [6.45, 7) is 3.60. The molecule has 0 aliphatic rings. The number of allylic oxidation sites excluding steroid dienone is 2. The van der Waals surface area contributed by atoms with E-state index in [1.165, 1.54) is 0 Å². The maximum atomic E-state index is 11.0. The zero-order valence-corrected chi connectivity index (χ0v) is 11.4. The predicted molar refractivity (Wildman–Crippen MR) is 85.4 cm³/mol. The number of carboxylic acid groups (broad SMARTS) is 1. The van der Waals surface area contributed by atoms with Crippen LogP contribution in [0.1, 0.15) is 16.8 Å². The predicted octanol–water partition coefficient (Wildman–Crippen LogP) is 3.91. The summed E-state index contributed by atoms with van der Waals surface area (Å²) in [7, 11) is 0. The van der Waals surface area contributed by atoms with E-state index < -0.39 is 5.97 Å². The van der Waals surface area contributed by atoms with Crippen LogP contribution in [0.2, 0.25) is 0 Å². The molecule has 0 atom stereocenters. The Morgan fingerprint density at radius 2 is 1.76 bits per heavy atom. The second kappa shape index (κ2) is 7.01. The minimum atomic E-state index is -1.01. The van der Waals surface area contributed by atoms with Gasteiger partial charge in [-0.15, -0.1) is 0 Å². The van der Waals surface area contributed by atoms with Crippen LogP contribution in [0.15, 0.2) is 67.4 Å². The van der Waals surface area contributed by atoms with E-state index in [0.717, 1.165) is 11.3 Å². The Labute approximate surface area is 123 Å².